The fraction of sp³-hybridized carbons (Fsp3) is 0.455. The lowest BCUT2D eigenvalue weighted by atomic mass is 10.1. The molecule has 1 amide bonds. The fourth-order valence-corrected chi connectivity index (χ4v) is 3.34. The van der Waals surface area contributed by atoms with E-state index in [2.05, 4.69) is 18.0 Å². The monoisotopic (exact) mass is 368 g/mol. The van der Waals surface area contributed by atoms with Gasteiger partial charge in [-0.1, -0.05) is 18.2 Å². The number of nitrogens with zero attached hydrogens (tertiary/aromatic N) is 2. The van der Waals surface area contributed by atoms with Crippen LogP contribution in [0.5, 0.6) is 5.75 Å². The normalized spacial score (nSPS) is 15.0. The van der Waals surface area contributed by atoms with Gasteiger partial charge in [-0.15, -0.1) is 0 Å². The predicted octanol–water partition coefficient (Wildman–Crippen LogP) is 3.59. The Hall–Kier alpha value is -2.40. The van der Waals surface area contributed by atoms with E-state index in [0.29, 0.717) is 19.7 Å². The van der Waals surface area contributed by atoms with Gasteiger partial charge in [0.2, 0.25) is 0 Å². The molecular weight excluding hydrogens is 340 g/mol. The standard InChI is InChI=1S/C22H28N2O3/c1-16-6-7-17(2)22(18(16)3)27-15-21(25)24-11-8-20(9-12-24)26-14-19-5-4-10-23-13-19/h4-7,10,13,20H,8-9,11-12,14-15H2,1-3H3. The molecule has 1 aliphatic rings. The Kier molecular flexibility index (Phi) is 6.45. The molecule has 1 aliphatic heterocycles. The van der Waals surface area contributed by atoms with Gasteiger partial charge in [0.1, 0.15) is 5.75 Å². The van der Waals surface area contributed by atoms with Crippen molar-refractivity contribution in [2.24, 2.45) is 0 Å². The van der Waals surface area contributed by atoms with Crippen LogP contribution in [-0.4, -0.2) is 41.6 Å². The first-order valence-electron chi connectivity index (χ1n) is 9.52. The van der Waals surface area contributed by atoms with Gasteiger partial charge in [0.25, 0.3) is 5.91 Å². The molecule has 1 aromatic heterocycles. The van der Waals surface area contributed by atoms with Crippen molar-refractivity contribution in [1.82, 2.24) is 9.88 Å². The largest absolute Gasteiger partial charge is 0.483 e. The van der Waals surface area contributed by atoms with Gasteiger partial charge in [-0.2, -0.15) is 0 Å². The topological polar surface area (TPSA) is 51.7 Å². The second-order valence-electron chi connectivity index (χ2n) is 7.19. The predicted molar refractivity (Wildman–Crippen MR) is 105 cm³/mol. The molecule has 0 bridgehead atoms. The molecule has 1 fully saturated rings. The number of pyridine rings is 1. The molecule has 1 saturated heterocycles. The summed E-state index contributed by atoms with van der Waals surface area (Å²) >= 11 is 0. The SMILES string of the molecule is Cc1ccc(C)c(OCC(=O)N2CCC(OCc3cccnc3)CC2)c1C. The molecule has 0 N–H and O–H groups in total. The minimum atomic E-state index is 0.0426. The lowest BCUT2D eigenvalue weighted by molar-refractivity contribution is -0.136. The summed E-state index contributed by atoms with van der Waals surface area (Å²) in [5.74, 6) is 0.874. The second-order valence-corrected chi connectivity index (χ2v) is 7.19. The van der Waals surface area contributed by atoms with Gasteiger partial charge >= 0.3 is 0 Å². The first kappa shape index (κ1) is 19.4. The number of amides is 1. The highest BCUT2D eigenvalue weighted by atomic mass is 16.5. The van der Waals surface area contributed by atoms with Gasteiger partial charge < -0.3 is 14.4 Å². The van der Waals surface area contributed by atoms with Crippen LogP contribution in [0.25, 0.3) is 0 Å². The van der Waals surface area contributed by atoms with Crippen molar-refractivity contribution in [3.63, 3.8) is 0 Å². The molecule has 0 saturated carbocycles. The van der Waals surface area contributed by atoms with Crippen molar-refractivity contribution >= 4 is 5.91 Å². The van der Waals surface area contributed by atoms with Gasteiger partial charge in [-0.3, -0.25) is 9.78 Å². The van der Waals surface area contributed by atoms with Crippen LogP contribution in [0.2, 0.25) is 0 Å². The molecule has 0 aliphatic carbocycles. The first-order chi connectivity index (χ1) is 13.0. The quantitative estimate of drug-likeness (QED) is 0.782. The molecule has 0 spiro atoms. The van der Waals surface area contributed by atoms with Crippen LogP contribution in [0.3, 0.4) is 0 Å². The zero-order valence-electron chi connectivity index (χ0n) is 16.4. The number of hydrogen-bond acceptors (Lipinski definition) is 4. The van der Waals surface area contributed by atoms with E-state index in [1.54, 1.807) is 6.20 Å². The van der Waals surface area contributed by atoms with Gasteiger partial charge in [0.15, 0.2) is 6.61 Å². The van der Waals surface area contributed by atoms with E-state index in [-0.39, 0.29) is 18.6 Å². The number of piperidine rings is 1. The number of benzene rings is 1. The van der Waals surface area contributed by atoms with Crippen LogP contribution < -0.4 is 4.74 Å². The Morgan fingerprint density at radius 2 is 1.89 bits per heavy atom. The van der Waals surface area contributed by atoms with Gasteiger partial charge in [-0.25, -0.2) is 0 Å². The second kappa shape index (κ2) is 9.00. The summed E-state index contributed by atoms with van der Waals surface area (Å²) in [5, 5.41) is 0. The van der Waals surface area contributed by atoms with Crippen molar-refractivity contribution < 1.29 is 14.3 Å². The van der Waals surface area contributed by atoms with Gasteiger partial charge in [-0.05, 0) is 61.9 Å². The average Bonchev–Trinajstić information content (AvgIpc) is 2.70. The number of aromatic nitrogens is 1. The highest BCUT2D eigenvalue weighted by Crippen LogP contribution is 2.26. The minimum Gasteiger partial charge on any atom is -0.483 e. The van der Waals surface area contributed by atoms with E-state index in [1.807, 2.05) is 43.1 Å². The van der Waals surface area contributed by atoms with Crippen LogP contribution in [-0.2, 0) is 16.1 Å². The number of rotatable bonds is 6. The molecule has 5 heteroatoms. The van der Waals surface area contributed by atoms with Crippen molar-refractivity contribution in [2.75, 3.05) is 19.7 Å². The van der Waals surface area contributed by atoms with Gasteiger partial charge in [0.05, 0.1) is 12.7 Å². The van der Waals surface area contributed by atoms with E-state index in [4.69, 9.17) is 9.47 Å². The van der Waals surface area contributed by atoms with Crippen molar-refractivity contribution in [1.29, 1.82) is 0 Å². The Bertz CT molecular complexity index is 769. The van der Waals surface area contributed by atoms with E-state index >= 15 is 0 Å². The first-order valence-corrected chi connectivity index (χ1v) is 9.52. The fourth-order valence-electron chi connectivity index (χ4n) is 3.34. The third-order valence-corrected chi connectivity index (χ3v) is 5.22. The molecule has 2 heterocycles. The Morgan fingerprint density at radius 1 is 1.15 bits per heavy atom. The molecule has 1 aromatic carbocycles. The number of likely N-dealkylation sites (tertiary alicyclic amines) is 1. The van der Waals surface area contributed by atoms with Crippen LogP contribution in [0, 0.1) is 20.8 Å². The number of ether oxygens (including phenoxy) is 2. The van der Waals surface area contributed by atoms with Gasteiger partial charge in [0, 0.05) is 25.5 Å². The molecule has 2 aromatic rings. The van der Waals surface area contributed by atoms with E-state index < -0.39 is 0 Å². The molecule has 144 valence electrons. The van der Waals surface area contributed by atoms with Crippen molar-refractivity contribution in [2.45, 2.75) is 46.3 Å². The lowest BCUT2D eigenvalue weighted by Crippen LogP contribution is -2.43. The Balaban J connectivity index is 1.44. The molecule has 0 unspecified atom stereocenters. The van der Waals surface area contributed by atoms with Crippen LogP contribution in [0.4, 0.5) is 0 Å². The smallest absolute Gasteiger partial charge is 0.260 e. The highest BCUT2D eigenvalue weighted by molar-refractivity contribution is 5.78. The number of aryl methyl sites for hydroxylation is 2. The number of hydrogen-bond donors (Lipinski definition) is 0. The third-order valence-electron chi connectivity index (χ3n) is 5.22. The summed E-state index contributed by atoms with van der Waals surface area (Å²) in [7, 11) is 0. The number of carbonyl (C=O) groups is 1. The summed E-state index contributed by atoms with van der Waals surface area (Å²) in [5.41, 5.74) is 4.42. The molecule has 3 rings (SSSR count). The van der Waals surface area contributed by atoms with E-state index in [0.717, 1.165) is 35.3 Å². The van der Waals surface area contributed by atoms with E-state index in [9.17, 15) is 4.79 Å². The Morgan fingerprint density at radius 3 is 2.59 bits per heavy atom. The third kappa shape index (κ3) is 5.07. The Labute approximate surface area is 161 Å². The summed E-state index contributed by atoms with van der Waals surface area (Å²) in [6.07, 6.45) is 5.49. The lowest BCUT2D eigenvalue weighted by Gasteiger charge is -2.32. The maximum atomic E-state index is 12.5. The van der Waals surface area contributed by atoms with Crippen LogP contribution >= 0.6 is 0 Å². The van der Waals surface area contributed by atoms with Crippen LogP contribution in [0.15, 0.2) is 36.7 Å². The molecule has 0 radical (unpaired) electrons. The zero-order valence-corrected chi connectivity index (χ0v) is 16.4. The summed E-state index contributed by atoms with van der Waals surface area (Å²) in [6, 6.07) is 8.04. The summed E-state index contributed by atoms with van der Waals surface area (Å²) < 4.78 is 11.8. The average molecular weight is 368 g/mol. The number of carbonyl (C=O) groups excluding carboxylic acids is 1. The highest BCUT2D eigenvalue weighted by Gasteiger charge is 2.24. The molecule has 5 nitrogen and oxygen atoms in total. The zero-order chi connectivity index (χ0) is 19.2. The van der Waals surface area contributed by atoms with E-state index in [1.165, 1.54) is 5.56 Å². The van der Waals surface area contributed by atoms with Crippen molar-refractivity contribution in [3.8, 4) is 5.75 Å². The summed E-state index contributed by atoms with van der Waals surface area (Å²) in [6.45, 7) is 8.19. The van der Waals surface area contributed by atoms with Crippen LogP contribution in [0.1, 0.15) is 35.1 Å². The van der Waals surface area contributed by atoms with Crippen molar-refractivity contribution in [3.05, 3.63) is 58.9 Å². The minimum absolute atomic E-state index is 0.0426. The maximum Gasteiger partial charge on any atom is 0.260 e. The molecule has 27 heavy (non-hydrogen) atoms. The summed E-state index contributed by atoms with van der Waals surface area (Å²) in [4.78, 5) is 18.5. The maximum absolute atomic E-state index is 12.5. The molecule has 0 atom stereocenters. The molecular formula is C22H28N2O3.